The Hall–Kier alpha value is -1.06. The normalized spacial score (nSPS) is 12.9. The zero-order valence-corrected chi connectivity index (χ0v) is 17.7. The van der Waals surface area contributed by atoms with E-state index in [4.69, 9.17) is 0 Å². The third-order valence-corrected chi connectivity index (χ3v) is 6.23. The van der Waals surface area contributed by atoms with Crippen molar-refractivity contribution in [3.8, 4) is 0 Å². The Morgan fingerprint density at radius 1 is 0.846 bits per heavy atom. The predicted molar refractivity (Wildman–Crippen MR) is 108 cm³/mol. The lowest BCUT2D eigenvalue weighted by Crippen LogP contribution is -2.38. The van der Waals surface area contributed by atoms with Crippen molar-refractivity contribution >= 4 is 45.0 Å². The van der Waals surface area contributed by atoms with Crippen LogP contribution in [0.1, 0.15) is 40.0 Å². The van der Waals surface area contributed by atoms with Crippen molar-refractivity contribution in [3.63, 3.8) is 0 Å². The van der Waals surface area contributed by atoms with Gasteiger partial charge in [-0.1, -0.05) is 28.5 Å². The molecule has 9 heteroatoms. The number of likely N-dealkylation sites (N-methyl/N-ethyl adjacent to an activating group) is 1. The van der Waals surface area contributed by atoms with E-state index in [2.05, 4.69) is 16.0 Å². The van der Waals surface area contributed by atoms with Crippen LogP contribution in [-0.2, 0) is 19.2 Å². The summed E-state index contributed by atoms with van der Waals surface area (Å²) >= 11 is 0. The van der Waals surface area contributed by atoms with Crippen LogP contribution >= 0.6 is 21.6 Å². The molecule has 150 valence electrons. The number of ketones is 2. The van der Waals surface area contributed by atoms with E-state index in [1.54, 1.807) is 28.6 Å². The second kappa shape index (κ2) is 15.0. The summed E-state index contributed by atoms with van der Waals surface area (Å²) in [6, 6.07) is -0.434. The molecule has 0 aliphatic rings. The van der Waals surface area contributed by atoms with Gasteiger partial charge in [-0.05, 0) is 27.3 Å². The first kappa shape index (κ1) is 24.9. The third kappa shape index (κ3) is 12.3. The van der Waals surface area contributed by atoms with Gasteiger partial charge in [0.05, 0.1) is 6.04 Å². The average molecular weight is 406 g/mol. The first-order valence-electron chi connectivity index (χ1n) is 8.77. The van der Waals surface area contributed by atoms with E-state index in [-0.39, 0.29) is 42.1 Å². The molecule has 0 radical (unpaired) electrons. The summed E-state index contributed by atoms with van der Waals surface area (Å²) in [5.74, 6) is 1.08. The van der Waals surface area contributed by atoms with E-state index in [1.165, 1.54) is 13.8 Å². The summed E-state index contributed by atoms with van der Waals surface area (Å²) in [5.41, 5.74) is 0. The number of carbonyl (C=O) groups excluding carboxylic acids is 4. The second-order valence-corrected chi connectivity index (χ2v) is 8.62. The van der Waals surface area contributed by atoms with Crippen molar-refractivity contribution in [2.45, 2.75) is 46.1 Å². The van der Waals surface area contributed by atoms with E-state index in [0.29, 0.717) is 19.5 Å². The highest BCUT2D eigenvalue weighted by Crippen LogP contribution is 2.19. The molecule has 0 bridgehead atoms. The molecule has 0 heterocycles. The smallest absolute Gasteiger partial charge is 0.222 e. The van der Waals surface area contributed by atoms with Crippen LogP contribution in [0.4, 0.5) is 0 Å². The summed E-state index contributed by atoms with van der Waals surface area (Å²) in [7, 11) is 4.89. The largest absolute Gasteiger partial charge is 0.355 e. The van der Waals surface area contributed by atoms with Crippen LogP contribution in [0.3, 0.4) is 0 Å². The van der Waals surface area contributed by atoms with Gasteiger partial charge >= 0.3 is 0 Å². The molecule has 0 aromatic carbocycles. The molecule has 2 amide bonds. The van der Waals surface area contributed by atoms with E-state index >= 15 is 0 Å². The highest BCUT2D eigenvalue weighted by atomic mass is 33.1. The van der Waals surface area contributed by atoms with Crippen molar-refractivity contribution in [2.24, 2.45) is 5.92 Å². The van der Waals surface area contributed by atoms with E-state index in [9.17, 15) is 19.2 Å². The standard InChI is InChI=1S/C17H31N3O4S2/c1-5-14(12(2)21)10-16(23)19-6-8-25-26-9-7-20-17(24)11-15(18-4)13(3)22/h14-15,18H,5-11H2,1-4H3,(H,19,23)(H,20,24). The summed E-state index contributed by atoms with van der Waals surface area (Å²) in [5, 5.41) is 8.41. The van der Waals surface area contributed by atoms with Crippen LogP contribution in [0.5, 0.6) is 0 Å². The minimum absolute atomic E-state index is 0.0526. The molecule has 0 aliphatic heterocycles. The molecule has 0 saturated heterocycles. The van der Waals surface area contributed by atoms with Gasteiger partial charge in [0, 0.05) is 43.4 Å². The fraction of sp³-hybridized carbons (Fsp3) is 0.765. The Kier molecular flexibility index (Phi) is 14.4. The minimum Gasteiger partial charge on any atom is -0.355 e. The van der Waals surface area contributed by atoms with Gasteiger partial charge in [-0.25, -0.2) is 0 Å². The lowest BCUT2D eigenvalue weighted by atomic mass is 9.98. The number of Topliss-reactive ketones (excluding diaryl/α,β-unsaturated/α-hetero) is 2. The summed E-state index contributed by atoms with van der Waals surface area (Å²) in [6.07, 6.45) is 1.08. The maximum absolute atomic E-state index is 11.7. The molecule has 0 rings (SSSR count). The number of carbonyl (C=O) groups is 4. The number of hydrogen-bond donors (Lipinski definition) is 3. The van der Waals surface area contributed by atoms with Gasteiger partial charge in [-0.3, -0.25) is 19.2 Å². The number of amides is 2. The Bertz CT molecular complexity index is 433. The van der Waals surface area contributed by atoms with Crippen molar-refractivity contribution in [1.29, 1.82) is 0 Å². The lowest BCUT2D eigenvalue weighted by molar-refractivity contribution is -0.127. The van der Waals surface area contributed by atoms with Gasteiger partial charge in [-0.15, -0.1) is 0 Å². The van der Waals surface area contributed by atoms with Gasteiger partial charge in [0.1, 0.15) is 11.6 Å². The van der Waals surface area contributed by atoms with Crippen molar-refractivity contribution in [1.82, 2.24) is 16.0 Å². The van der Waals surface area contributed by atoms with Crippen LogP contribution in [0, 0.1) is 5.92 Å². The molecule has 3 N–H and O–H groups in total. The van der Waals surface area contributed by atoms with Gasteiger partial charge in [-0.2, -0.15) is 0 Å². The molecule has 0 aliphatic carbocycles. The first-order chi connectivity index (χ1) is 12.3. The Balaban J connectivity index is 3.64. The Labute approximate surface area is 164 Å². The predicted octanol–water partition coefficient (Wildman–Crippen LogP) is 1.17. The van der Waals surface area contributed by atoms with Gasteiger partial charge in [0.15, 0.2) is 0 Å². The van der Waals surface area contributed by atoms with Crippen molar-refractivity contribution in [2.75, 3.05) is 31.6 Å². The fourth-order valence-corrected chi connectivity index (χ4v) is 3.97. The molecule has 0 saturated carbocycles. The average Bonchev–Trinajstić information content (AvgIpc) is 2.59. The van der Waals surface area contributed by atoms with Crippen molar-refractivity contribution < 1.29 is 19.2 Å². The molecule has 2 atom stereocenters. The monoisotopic (exact) mass is 405 g/mol. The molecule has 0 aromatic rings. The molecule has 7 nitrogen and oxygen atoms in total. The van der Waals surface area contributed by atoms with Crippen LogP contribution < -0.4 is 16.0 Å². The lowest BCUT2D eigenvalue weighted by Gasteiger charge is -2.12. The SMILES string of the molecule is CCC(CC(=O)NCCSSCCNC(=O)CC(NC)C(C)=O)C(C)=O. The molecule has 0 spiro atoms. The summed E-state index contributed by atoms with van der Waals surface area (Å²) in [4.78, 5) is 46.0. The van der Waals surface area contributed by atoms with Crippen LogP contribution in [-0.4, -0.2) is 61.1 Å². The summed E-state index contributed by atoms with van der Waals surface area (Å²) in [6.45, 7) is 5.98. The van der Waals surface area contributed by atoms with Gasteiger partial charge in [0.2, 0.25) is 11.8 Å². The third-order valence-electron chi connectivity index (χ3n) is 3.83. The fourth-order valence-electron chi connectivity index (χ4n) is 2.16. The van der Waals surface area contributed by atoms with Crippen LogP contribution in [0.2, 0.25) is 0 Å². The first-order valence-corrected chi connectivity index (χ1v) is 11.3. The minimum atomic E-state index is -0.434. The van der Waals surface area contributed by atoms with E-state index in [0.717, 1.165) is 11.5 Å². The van der Waals surface area contributed by atoms with Gasteiger partial charge < -0.3 is 16.0 Å². The topological polar surface area (TPSA) is 104 Å². The zero-order chi connectivity index (χ0) is 19.9. The summed E-state index contributed by atoms with van der Waals surface area (Å²) < 4.78 is 0. The molecule has 0 aromatic heterocycles. The maximum atomic E-state index is 11.7. The quantitative estimate of drug-likeness (QED) is 0.277. The molecular weight excluding hydrogens is 374 g/mol. The number of hydrogen-bond acceptors (Lipinski definition) is 7. The Morgan fingerprint density at radius 3 is 1.73 bits per heavy atom. The van der Waals surface area contributed by atoms with Gasteiger partial charge in [0.25, 0.3) is 0 Å². The Morgan fingerprint density at radius 2 is 1.35 bits per heavy atom. The molecule has 2 unspecified atom stereocenters. The number of nitrogens with one attached hydrogen (secondary N) is 3. The second-order valence-electron chi connectivity index (χ2n) is 5.92. The van der Waals surface area contributed by atoms with E-state index in [1.807, 2.05) is 6.92 Å². The highest BCUT2D eigenvalue weighted by Gasteiger charge is 2.16. The molecule has 0 fully saturated rings. The van der Waals surface area contributed by atoms with E-state index < -0.39 is 6.04 Å². The highest BCUT2D eigenvalue weighted by molar-refractivity contribution is 8.76. The van der Waals surface area contributed by atoms with Crippen LogP contribution in [0.15, 0.2) is 0 Å². The zero-order valence-electron chi connectivity index (χ0n) is 16.1. The van der Waals surface area contributed by atoms with Crippen molar-refractivity contribution in [3.05, 3.63) is 0 Å². The molecule has 26 heavy (non-hydrogen) atoms. The maximum Gasteiger partial charge on any atom is 0.222 e. The number of rotatable bonds is 15. The van der Waals surface area contributed by atoms with Crippen LogP contribution in [0.25, 0.3) is 0 Å². The molecular formula is C17H31N3O4S2.